The Hall–Kier alpha value is -2.43. The molecular formula is C15H14FNO3. The first-order valence-corrected chi connectivity index (χ1v) is 6.04. The topological polar surface area (TPSA) is 59.2 Å². The average Bonchev–Trinajstić information content (AvgIpc) is 2.72. The van der Waals surface area contributed by atoms with E-state index in [1.54, 1.807) is 19.9 Å². The fraction of sp³-hybridized carbons (Fsp3) is 0.200. The van der Waals surface area contributed by atoms with Crippen LogP contribution >= 0.6 is 0 Å². The molecule has 0 spiro atoms. The minimum atomic E-state index is -0.619. The molecule has 1 aromatic carbocycles. The highest BCUT2D eigenvalue weighted by atomic mass is 19.1. The van der Waals surface area contributed by atoms with Crippen LogP contribution in [0.4, 0.5) is 4.39 Å². The summed E-state index contributed by atoms with van der Waals surface area (Å²) in [6, 6.07) is 5.67. The van der Waals surface area contributed by atoms with Crippen LogP contribution in [0.15, 0.2) is 24.3 Å². The molecule has 2 rings (SSSR count). The van der Waals surface area contributed by atoms with Gasteiger partial charge in [-0.1, -0.05) is 12.1 Å². The van der Waals surface area contributed by atoms with Crippen molar-refractivity contribution in [3.63, 3.8) is 0 Å². The van der Waals surface area contributed by atoms with Gasteiger partial charge in [-0.3, -0.25) is 4.79 Å². The van der Waals surface area contributed by atoms with E-state index in [9.17, 15) is 14.0 Å². The third kappa shape index (κ3) is 2.22. The first-order chi connectivity index (χ1) is 9.47. The highest BCUT2D eigenvalue weighted by Gasteiger charge is 2.26. The predicted octanol–water partition coefficient (Wildman–Crippen LogP) is 2.79. The number of aromatic nitrogens is 1. The molecule has 0 aliphatic carbocycles. The zero-order valence-electron chi connectivity index (χ0n) is 11.4. The number of nitrogens with one attached hydrogen (secondary N) is 1. The largest absolute Gasteiger partial charge is 0.465 e. The van der Waals surface area contributed by atoms with E-state index in [4.69, 9.17) is 0 Å². The van der Waals surface area contributed by atoms with Crippen LogP contribution in [0.3, 0.4) is 0 Å². The fourth-order valence-electron chi connectivity index (χ4n) is 2.20. The predicted molar refractivity (Wildman–Crippen MR) is 71.4 cm³/mol. The van der Waals surface area contributed by atoms with Crippen molar-refractivity contribution in [2.45, 2.75) is 13.8 Å². The number of ketones is 1. The van der Waals surface area contributed by atoms with Gasteiger partial charge in [-0.25, -0.2) is 9.18 Å². The van der Waals surface area contributed by atoms with Crippen molar-refractivity contribution in [2.75, 3.05) is 7.11 Å². The molecule has 1 aromatic heterocycles. The molecule has 0 radical (unpaired) electrons. The molecular weight excluding hydrogens is 261 g/mol. The molecule has 0 atom stereocenters. The van der Waals surface area contributed by atoms with E-state index in [2.05, 4.69) is 9.72 Å². The van der Waals surface area contributed by atoms with Crippen molar-refractivity contribution in [1.29, 1.82) is 0 Å². The fourth-order valence-corrected chi connectivity index (χ4v) is 2.20. The van der Waals surface area contributed by atoms with E-state index in [1.165, 1.54) is 25.3 Å². The lowest BCUT2D eigenvalue weighted by Crippen LogP contribution is -2.12. The van der Waals surface area contributed by atoms with E-state index < -0.39 is 17.6 Å². The Kier molecular flexibility index (Phi) is 3.70. The first kappa shape index (κ1) is 14.0. The molecule has 0 unspecified atom stereocenters. The summed E-state index contributed by atoms with van der Waals surface area (Å²) in [4.78, 5) is 27.2. The van der Waals surface area contributed by atoms with Crippen LogP contribution in [-0.4, -0.2) is 23.8 Å². The number of halogens is 1. The smallest absolute Gasteiger partial charge is 0.340 e. The normalized spacial score (nSPS) is 10.4. The maximum Gasteiger partial charge on any atom is 0.340 e. The van der Waals surface area contributed by atoms with E-state index in [0.717, 1.165) is 0 Å². The van der Waals surface area contributed by atoms with Gasteiger partial charge in [0.05, 0.1) is 23.8 Å². The standard InChI is InChI=1S/C15H14FNO3/c1-8-12(13(9(2)17-8)15(19)20-3)14(18)10-6-4-5-7-11(10)16/h4-7,17H,1-3H3. The van der Waals surface area contributed by atoms with Crippen LogP contribution in [0.25, 0.3) is 0 Å². The lowest BCUT2D eigenvalue weighted by atomic mass is 9.98. The summed E-state index contributed by atoms with van der Waals surface area (Å²) in [7, 11) is 1.24. The maximum absolute atomic E-state index is 13.7. The molecule has 0 aliphatic rings. The van der Waals surface area contributed by atoms with Crippen LogP contribution in [0.5, 0.6) is 0 Å². The molecule has 0 aliphatic heterocycles. The van der Waals surface area contributed by atoms with Gasteiger partial charge >= 0.3 is 5.97 Å². The minimum Gasteiger partial charge on any atom is -0.465 e. The molecule has 4 nitrogen and oxygen atoms in total. The number of aromatic amines is 1. The minimum absolute atomic E-state index is 0.0697. The van der Waals surface area contributed by atoms with E-state index in [0.29, 0.717) is 11.4 Å². The van der Waals surface area contributed by atoms with Crippen LogP contribution in [0.2, 0.25) is 0 Å². The Morgan fingerprint density at radius 2 is 1.70 bits per heavy atom. The number of ether oxygens (including phenoxy) is 1. The molecule has 2 aromatic rings. The third-order valence-electron chi connectivity index (χ3n) is 3.11. The average molecular weight is 275 g/mol. The van der Waals surface area contributed by atoms with Crippen LogP contribution in [0, 0.1) is 19.7 Å². The van der Waals surface area contributed by atoms with Gasteiger partial charge in [0.1, 0.15) is 5.82 Å². The lowest BCUT2D eigenvalue weighted by Gasteiger charge is -2.05. The van der Waals surface area contributed by atoms with E-state index in [-0.39, 0.29) is 16.7 Å². The van der Waals surface area contributed by atoms with E-state index >= 15 is 0 Å². The molecule has 0 fully saturated rings. The van der Waals surface area contributed by atoms with Crippen molar-refractivity contribution in [3.8, 4) is 0 Å². The van der Waals surface area contributed by atoms with Crippen molar-refractivity contribution in [1.82, 2.24) is 4.98 Å². The van der Waals surface area contributed by atoms with Gasteiger partial charge in [0.25, 0.3) is 0 Å². The number of rotatable bonds is 3. The number of benzene rings is 1. The van der Waals surface area contributed by atoms with Gasteiger partial charge in [-0.2, -0.15) is 0 Å². The number of methoxy groups -OCH3 is 1. The summed E-state index contributed by atoms with van der Waals surface area (Å²) in [6.45, 7) is 3.32. The molecule has 0 bridgehead atoms. The van der Waals surface area contributed by atoms with Crippen molar-refractivity contribution in [3.05, 3.63) is 58.2 Å². The molecule has 0 amide bonds. The SMILES string of the molecule is COC(=O)c1c(C)[nH]c(C)c1C(=O)c1ccccc1F. The number of esters is 1. The van der Waals surface area contributed by atoms with Crippen LogP contribution < -0.4 is 0 Å². The number of hydrogen-bond acceptors (Lipinski definition) is 3. The molecule has 20 heavy (non-hydrogen) atoms. The Balaban J connectivity index is 2.61. The zero-order valence-corrected chi connectivity index (χ0v) is 11.4. The molecule has 5 heteroatoms. The summed E-state index contributed by atoms with van der Waals surface area (Å²) in [5.74, 6) is -1.77. The zero-order chi connectivity index (χ0) is 14.9. The Labute approximate surface area is 115 Å². The Bertz CT molecular complexity index is 688. The highest BCUT2D eigenvalue weighted by Crippen LogP contribution is 2.23. The summed E-state index contributed by atoms with van der Waals surface area (Å²) in [5, 5.41) is 0. The van der Waals surface area contributed by atoms with Gasteiger partial charge in [0, 0.05) is 11.4 Å². The third-order valence-corrected chi connectivity index (χ3v) is 3.11. The quantitative estimate of drug-likeness (QED) is 0.692. The number of carbonyl (C=O) groups is 2. The van der Waals surface area contributed by atoms with E-state index in [1.807, 2.05) is 0 Å². The van der Waals surface area contributed by atoms with Crippen LogP contribution in [-0.2, 0) is 4.74 Å². The second kappa shape index (κ2) is 5.28. The number of hydrogen-bond donors (Lipinski definition) is 1. The molecule has 0 saturated heterocycles. The number of carbonyl (C=O) groups excluding carboxylic acids is 2. The second-order valence-corrected chi connectivity index (χ2v) is 4.43. The molecule has 1 heterocycles. The summed E-state index contributed by atoms with van der Waals surface area (Å²) < 4.78 is 18.4. The van der Waals surface area contributed by atoms with Crippen molar-refractivity contribution in [2.24, 2.45) is 0 Å². The van der Waals surface area contributed by atoms with Gasteiger partial charge in [0.15, 0.2) is 5.78 Å². The summed E-state index contributed by atoms with van der Waals surface area (Å²) in [5.41, 5.74) is 1.27. The highest BCUT2D eigenvalue weighted by molar-refractivity contribution is 6.15. The molecule has 0 saturated carbocycles. The van der Waals surface area contributed by atoms with Gasteiger partial charge in [0.2, 0.25) is 0 Å². The van der Waals surface area contributed by atoms with Crippen LogP contribution in [0.1, 0.15) is 37.7 Å². The molecule has 1 N–H and O–H groups in total. The van der Waals surface area contributed by atoms with Gasteiger partial charge in [-0.15, -0.1) is 0 Å². The van der Waals surface area contributed by atoms with Crippen molar-refractivity contribution < 1.29 is 18.7 Å². The Morgan fingerprint density at radius 1 is 1.10 bits per heavy atom. The Morgan fingerprint density at radius 3 is 2.30 bits per heavy atom. The number of aryl methyl sites for hydroxylation is 2. The molecule has 104 valence electrons. The maximum atomic E-state index is 13.7. The first-order valence-electron chi connectivity index (χ1n) is 6.04. The summed E-state index contributed by atoms with van der Waals surface area (Å²) >= 11 is 0. The number of H-pyrrole nitrogens is 1. The monoisotopic (exact) mass is 275 g/mol. The summed E-state index contributed by atoms with van der Waals surface area (Å²) in [6.07, 6.45) is 0. The van der Waals surface area contributed by atoms with Gasteiger partial charge < -0.3 is 9.72 Å². The van der Waals surface area contributed by atoms with Crippen molar-refractivity contribution >= 4 is 11.8 Å². The second-order valence-electron chi connectivity index (χ2n) is 4.43. The van der Waals surface area contributed by atoms with Gasteiger partial charge in [-0.05, 0) is 26.0 Å². The lowest BCUT2D eigenvalue weighted by molar-refractivity contribution is 0.0597.